The summed E-state index contributed by atoms with van der Waals surface area (Å²) < 4.78 is 38.3. The summed E-state index contributed by atoms with van der Waals surface area (Å²) in [5.41, 5.74) is -0.355. The summed E-state index contributed by atoms with van der Waals surface area (Å²) in [5.74, 6) is 0. The van der Waals surface area contributed by atoms with Crippen molar-refractivity contribution in [3.63, 3.8) is 0 Å². The Labute approximate surface area is 106 Å². The van der Waals surface area contributed by atoms with Gasteiger partial charge in [0.25, 0.3) is 0 Å². The van der Waals surface area contributed by atoms with Crippen molar-refractivity contribution in [1.29, 1.82) is 0 Å². The van der Waals surface area contributed by atoms with Crippen molar-refractivity contribution in [2.24, 2.45) is 0 Å². The second-order valence-electron chi connectivity index (χ2n) is 3.45. The van der Waals surface area contributed by atoms with Crippen LogP contribution >= 0.6 is 0 Å². The van der Waals surface area contributed by atoms with E-state index in [-0.39, 0.29) is 22.1 Å². The van der Waals surface area contributed by atoms with Gasteiger partial charge in [0.05, 0.1) is 0 Å². The number of hydrogen-bond donors (Lipinski definition) is 0. The second kappa shape index (κ2) is 7.28. The number of hydrogen-bond acceptors (Lipinski definition) is 3. The van der Waals surface area contributed by atoms with Crippen molar-refractivity contribution in [2.75, 3.05) is 18.0 Å². The van der Waals surface area contributed by atoms with Gasteiger partial charge in [0.15, 0.2) is 0 Å². The Hall–Kier alpha value is -1.21. The quantitative estimate of drug-likeness (QED) is 0.781. The molecule has 7 heteroatoms. The summed E-state index contributed by atoms with van der Waals surface area (Å²) in [5, 5.41) is 0. The van der Waals surface area contributed by atoms with Gasteiger partial charge in [-0.3, -0.25) is 0 Å². The number of rotatable bonds is 3. The Morgan fingerprint density at radius 3 is 2.00 bits per heavy atom. The molecule has 1 rings (SSSR count). The molecule has 18 heavy (non-hydrogen) atoms. The van der Waals surface area contributed by atoms with E-state index in [0.717, 1.165) is 6.07 Å². The Kier molecular flexibility index (Phi) is 7.74. The Morgan fingerprint density at radius 2 is 1.61 bits per heavy atom. The third-order valence-corrected chi connectivity index (χ3v) is 2.43. The van der Waals surface area contributed by atoms with Crippen LogP contribution in [-0.2, 0) is 6.18 Å². The van der Waals surface area contributed by atoms with Crippen LogP contribution in [-0.4, -0.2) is 31.9 Å². The van der Waals surface area contributed by atoms with Crippen LogP contribution in [0.4, 0.5) is 18.9 Å². The van der Waals surface area contributed by atoms with Gasteiger partial charge in [0.1, 0.15) is 0 Å². The van der Waals surface area contributed by atoms with Gasteiger partial charge in [-0.05, 0) is 0 Å². The number of anilines is 1. The Morgan fingerprint density at radius 1 is 1.11 bits per heavy atom. The van der Waals surface area contributed by atoms with E-state index >= 15 is 0 Å². The summed E-state index contributed by atoms with van der Waals surface area (Å²) in [6.07, 6.45) is -4.37. The molecule has 0 unspecified atom stereocenters. The summed E-state index contributed by atoms with van der Waals surface area (Å²) in [6.45, 7) is 4.70. The van der Waals surface area contributed by atoms with Gasteiger partial charge in [0, 0.05) is 0 Å². The molecule has 0 amide bonds. The molecule has 0 atom stereocenters. The first-order chi connectivity index (χ1) is 7.40. The predicted octanol–water partition coefficient (Wildman–Crippen LogP) is 1.99. The fourth-order valence-electron chi connectivity index (χ4n) is 1.62. The van der Waals surface area contributed by atoms with Crippen molar-refractivity contribution < 1.29 is 24.1 Å². The van der Waals surface area contributed by atoms with E-state index in [9.17, 15) is 13.2 Å². The zero-order valence-corrected chi connectivity index (χ0v) is 10.2. The van der Waals surface area contributed by atoms with Gasteiger partial charge >= 0.3 is 93.9 Å². The van der Waals surface area contributed by atoms with Crippen LogP contribution in [0.3, 0.4) is 0 Å². The van der Waals surface area contributed by atoms with E-state index in [1.165, 1.54) is 12.1 Å². The first kappa shape index (κ1) is 19.1. The van der Waals surface area contributed by atoms with Crippen molar-refractivity contribution in [1.82, 2.24) is 0 Å². The Bertz CT molecular complexity index is 368. The molecule has 1 aromatic carbocycles. The fourth-order valence-corrected chi connectivity index (χ4v) is 1.62. The topological polar surface area (TPSA) is 63.2 Å². The normalized spacial score (nSPS) is 10.4. The standard InChI is InChI=1S/C11H13BF3N.2H2O/c1-3-16(4-2)10-6-5-8(12)7-9(10)11(13,14)15;;/h5-7H,3-4H2,1-2H3;2*1H2/q+2;;/p-2. The average molecular weight is 261 g/mol. The molecule has 0 saturated carbocycles. The molecule has 2 N–H and O–H groups in total. The van der Waals surface area contributed by atoms with Crippen molar-refractivity contribution >= 4 is 19.0 Å². The van der Waals surface area contributed by atoms with E-state index in [0.29, 0.717) is 13.1 Å². The minimum atomic E-state index is -4.37. The molecule has 0 aliphatic heterocycles. The number of halogens is 3. The molecular formula is C11H15BF3NO2. The van der Waals surface area contributed by atoms with Crippen molar-refractivity contribution in [3.05, 3.63) is 23.8 Å². The maximum absolute atomic E-state index is 12.8. The number of benzene rings is 1. The third kappa shape index (κ3) is 4.23. The van der Waals surface area contributed by atoms with E-state index in [4.69, 9.17) is 7.85 Å². The van der Waals surface area contributed by atoms with Crippen molar-refractivity contribution in [2.45, 2.75) is 20.0 Å². The molecule has 0 radical (unpaired) electrons. The minimum Gasteiger partial charge on any atom is -0.870 e. The zero-order valence-electron chi connectivity index (χ0n) is 10.2. The monoisotopic (exact) mass is 261 g/mol. The Balaban J connectivity index is 0. The number of alkyl halides is 3. The van der Waals surface area contributed by atoms with Crippen LogP contribution in [0.5, 0.6) is 0 Å². The summed E-state index contributed by atoms with van der Waals surface area (Å²) in [4.78, 5) is 1.66. The van der Waals surface area contributed by atoms with E-state index in [1.807, 2.05) is 13.8 Å². The van der Waals surface area contributed by atoms with Crippen LogP contribution in [0, 0.1) is 0 Å². The van der Waals surface area contributed by atoms with Gasteiger partial charge in [0.2, 0.25) is 0 Å². The van der Waals surface area contributed by atoms with Crippen LogP contribution in [0.2, 0.25) is 0 Å². The molecule has 0 aliphatic rings. The first-order valence-corrected chi connectivity index (χ1v) is 5.11. The van der Waals surface area contributed by atoms with E-state index in [1.54, 1.807) is 4.90 Å². The first-order valence-electron chi connectivity index (χ1n) is 5.11. The summed E-state index contributed by atoms with van der Waals surface area (Å²) in [7, 11) is 5.39. The third-order valence-electron chi connectivity index (χ3n) is 2.43. The summed E-state index contributed by atoms with van der Waals surface area (Å²) in [6, 6.07) is 3.89. The SMILES string of the molecule is [B+2]c1ccc(N(CC)CC)c(C(F)(F)F)c1.[OH-].[OH-]. The maximum Gasteiger partial charge on any atom is -0.870 e. The van der Waals surface area contributed by atoms with Gasteiger partial charge in [-0.25, -0.2) is 0 Å². The fraction of sp³-hybridized carbons (Fsp3) is 0.455. The second-order valence-corrected chi connectivity index (χ2v) is 3.45. The zero-order chi connectivity index (χ0) is 12.3. The van der Waals surface area contributed by atoms with Crippen LogP contribution in [0.25, 0.3) is 0 Å². The van der Waals surface area contributed by atoms with Crippen LogP contribution < -0.4 is 10.4 Å². The molecular weight excluding hydrogens is 246 g/mol. The molecule has 0 bridgehead atoms. The van der Waals surface area contributed by atoms with E-state index < -0.39 is 11.7 Å². The molecule has 3 nitrogen and oxygen atoms in total. The molecule has 0 saturated heterocycles. The van der Waals surface area contributed by atoms with Gasteiger partial charge in [-0.1, -0.05) is 0 Å². The molecule has 100 valence electrons. The average Bonchev–Trinajstić information content (AvgIpc) is 2.20. The molecule has 0 heterocycles. The maximum atomic E-state index is 12.8. The minimum absolute atomic E-state index is 0. The number of nitrogens with zero attached hydrogens (tertiary/aromatic N) is 1. The molecule has 0 fully saturated rings. The van der Waals surface area contributed by atoms with Gasteiger partial charge < -0.3 is 11.0 Å². The van der Waals surface area contributed by atoms with Crippen LogP contribution in [0.15, 0.2) is 18.2 Å². The molecule has 1 aromatic rings. The molecule has 0 aliphatic carbocycles. The van der Waals surface area contributed by atoms with Gasteiger partial charge in [-0.2, -0.15) is 0 Å². The summed E-state index contributed by atoms with van der Waals surface area (Å²) >= 11 is 0. The van der Waals surface area contributed by atoms with Crippen LogP contribution in [0.1, 0.15) is 19.4 Å². The van der Waals surface area contributed by atoms with E-state index in [2.05, 4.69) is 0 Å². The predicted molar refractivity (Wildman–Crippen MR) is 64.3 cm³/mol. The smallest absolute Gasteiger partial charge is 0.870 e. The van der Waals surface area contributed by atoms with Crippen molar-refractivity contribution in [3.8, 4) is 0 Å². The van der Waals surface area contributed by atoms with Gasteiger partial charge in [-0.15, -0.1) is 0 Å². The molecule has 0 spiro atoms. The molecule has 0 aromatic heterocycles. The largest absolute Gasteiger partial charge is 0.870 e.